The maximum absolute atomic E-state index is 10.6. The van der Waals surface area contributed by atoms with Crippen molar-refractivity contribution in [1.82, 2.24) is 4.98 Å². The van der Waals surface area contributed by atoms with Gasteiger partial charge in [0.05, 0.1) is 12.3 Å². The van der Waals surface area contributed by atoms with E-state index in [2.05, 4.69) is 4.98 Å². The lowest BCUT2D eigenvalue weighted by Crippen LogP contribution is -1.98. The Hall–Kier alpha value is -1.42. The summed E-state index contributed by atoms with van der Waals surface area (Å²) in [5.74, 6) is 0.0338. The van der Waals surface area contributed by atoms with E-state index in [0.717, 1.165) is 0 Å². The van der Waals surface area contributed by atoms with Gasteiger partial charge in [-0.05, 0) is 6.92 Å². The average Bonchev–Trinajstić information content (AvgIpc) is 2.14. The molecule has 70 valence electrons. The number of aryl methyl sites for hydroxylation is 1. The molecule has 0 saturated carbocycles. The third kappa shape index (κ3) is 1.84. The summed E-state index contributed by atoms with van der Waals surface area (Å²) in [5, 5.41) is 9.54. The number of nitrogens with zero attached hydrogens (tertiary/aromatic N) is 1. The van der Waals surface area contributed by atoms with Gasteiger partial charge >= 0.3 is 0 Å². The Morgan fingerprint density at radius 3 is 2.92 bits per heavy atom. The van der Waals surface area contributed by atoms with Crippen LogP contribution in [0.1, 0.15) is 21.6 Å². The van der Waals surface area contributed by atoms with Crippen LogP contribution in [0, 0.1) is 6.92 Å². The van der Waals surface area contributed by atoms with Gasteiger partial charge in [0.1, 0.15) is 5.75 Å². The van der Waals surface area contributed by atoms with Gasteiger partial charge in [-0.3, -0.25) is 9.78 Å². The fourth-order valence-corrected chi connectivity index (χ4v) is 1.06. The van der Waals surface area contributed by atoms with E-state index in [0.29, 0.717) is 23.1 Å². The lowest BCUT2D eigenvalue weighted by atomic mass is 10.1. The van der Waals surface area contributed by atoms with E-state index < -0.39 is 0 Å². The molecular formula is C9H11NO3. The van der Waals surface area contributed by atoms with Crippen LogP contribution in [0.2, 0.25) is 0 Å². The second kappa shape index (κ2) is 4.00. The number of ether oxygens (including phenoxy) is 1. The third-order valence-electron chi connectivity index (χ3n) is 1.79. The molecule has 1 heterocycles. The van der Waals surface area contributed by atoms with Crippen molar-refractivity contribution in [2.75, 3.05) is 7.11 Å². The molecule has 4 nitrogen and oxygen atoms in total. The molecule has 0 aromatic carbocycles. The van der Waals surface area contributed by atoms with Gasteiger partial charge in [0.15, 0.2) is 6.29 Å². The summed E-state index contributed by atoms with van der Waals surface area (Å²) in [5.41, 5.74) is 1.35. The minimum Gasteiger partial charge on any atom is -0.506 e. The Bertz CT molecular complexity index is 323. The first-order valence-corrected chi connectivity index (χ1v) is 3.82. The highest BCUT2D eigenvalue weighted by Gasteiger charge is 2.10. The maximum atomic E-state index is 10.6. The Labute approximate surface area is 76.2 Å². The van der Waals surface area contributed by atoms with Crippen LogP contribution in [-0.2, 0) is 11.3 Å². The minimum absolute atomic E-state index is 0.0338. The first kappa shape index (κ1) is 9.67. The van der Waals surface area contributed by atoms with Crippen molar-refractivity contribution < 1.29 is 14.6 Å². The van der Waals surface area contributed by atoms with E-state index in [9.17, 15) is 9.90 Å². The molecule has 0 fully saturated rings. The predicted molar refractivity (Wildman–Crippen MR) is 46.7 cm³/mol. The smallest absolute Gasteiger partial charge is 0.152 e. The van der Waals surface area contributed by atoms with Gasteiger partial charge in [0.25, 0.3) is 0 Å². The Morgan fingerprint density at radius 1 is 1.69 bits per heavy atom. The summed E-state index contributed by atoms with van der Waals surface area (Å²) >= 11 is 0. The summed E-state index contributed by atoms with van der Waals surface area (Å²) in [7, 11) is 1.50. The quantitative estimate of drug-likeness (QED) is 0.708. The van der Waals surface area contributed by atoms with Gasteiger partial charge < -0.3 is 9.84 Å². The highest BCUT2D eigenvalue weighted by molar-refractivity contribution is 5.78. The number of carbonyl (C=O) groups excluding carboxylic acids is 1. The fraction of sp³-hybridized carbons (Fsp3) is 0.333. The summed E-state index contributed by atoms with van der Waals surface area (Å²) < 4.78 is 4.86. The topological polar surface area (TPSA) is 59.4 Å². The van der Waals surface area contributed by atoms with E-state index >= 15 is 0 Å². The van der Waals surface area contributed by atoms with Gasteiger partial charge in [-0.2, -0.15) is 0 Å². The number of hydrogen-bond acceptors (Lipinski definition) is 4. The van der Waals surface area contributed by atoms with Crippen LogP contribution < -0.4 is 0 Å². The van der Waals surface area contributed by atoms with Gasteiger partial charge in [0.2, 0.25) is 0 Å². The van der Waals surface area contributed by atoms with Crippen molar-refractivity contribution >= 4 is 6.29 Å². The van der Waals surface area contributed by atoms with E-state index in [1.807, 2.05) is 0 Å². The zero-order valence-corrected chi connectivity index (χ0v) is 7.57. The molecule has 1 N–H and O–H groups in total. The van der Waals surface area contributed by atoms with E-state index in [1.165, 1.54) is 13.3 Å². The minimum atomic E-state index is 0.0338. The molecule has 0 aliphatic heterocycles. The third-order valence-corrected chi connectivity index (χ3v) is 1.79. The van der Waals surface area contributed by atoms with Crippen molar-refractivity contribution in [2.24, 2.45) is 0 Å². The summed E-state index contributed by atoms with van der Waals surface area (Å²) in [6.07, 6.45) is 2.08. The number of rotatable bonds is 3. The number of methoxy groups -OCH3 is 1. The second-order valence-electron chi connectivity index (χ2n) is 2.68. The first-order valence-electron chi connectivity index (χ1n) is 3.82. The van der Waals surface area contributed by atoms with Gasteiger partial charge in [-0.15, -0.1) is 0 Å². The normalized spacial score (nSPS) is 10.0. The van der Waals surface area contributed by atoms with Crippen LogP contribution in [0.4, 0.5) is 0 Å². The number of aldehydes is 1. The molecule has 1 rings (SSSR count). The largest absolute Gasteiger partial charge is 0.506 e. The summed E-state index contributed by atoms with van der Waals surface area (Å²) in [4.78, 5) is 14.4. The van der Waals surface area contributed by atoms with Gasteiger partial charge in [-0.1, -0.05) is 0 Å². The van der Waals surface area contributed by atoms with Crippen molar-refractivity contribution in [3.05, 3.63) is 23.0 Å². The Kier molecular flexibility index (Phi) is 2.97. The Balaban J connectivity index is 3.23. The molecule has 13 heavy (non-hydrogen) atoms. The fourth-order valence-electron chi connectivity index (χ4n) is 1.06. The van der Waals surface area contributed by atoms with E-state index in [4.69, 9.17) is 4.74 Å². The second-order valence-corrected chi connectivity index (χ2v) is 2.68. The predicted octanol–water partition coefficient (Wildman–Crippen LogP) is 1.05. The molecule has 0 aliphatic carbocycles. The molecular weight excluding hydrogens is 170 g/mol. The molecule has 4 heteroatoms. The van der Waals surface area contributed by atoms with Crippen LogP contribution in [0.5, 0.6) is 5.75 Å². The molecule has 0 saturated heterocycles. The number of pyridine rings is 1. The zero-order valence-electron chi connectivity index (χ0n) is 7.57. The summed E-state index contributed by atoms with van der Waals surface area (Å²) in [6, 6.07) is 0. The SMILES string of the molecule is COCc1c(C=O)cnc(C)c1O. The van der Waals surface area contributed by atoms with Crippen molar-refractivity contribution in [1.29, 1.82) is 0 Å². The summed E-state index contributed by atoms with van der Waals surface area (Å²) in [6.45, 7) is 1.88. The number of carbonyl (C=O) groups is 1. The van der Waals surface area contributed by atoms with Gasteiger partial charge in [-0.25, -0.2) is 0 Å². The number of aromatic nitrogens is 1. The highest BCUT2D eigenvalue weighted by atomic mass is 16.5. The van der Waals surface area contributed by atoms with Crippen molar-refractivity contribution in [3.63, 3.8) is 0 Å². The van der Waals surface area contributed by atoms with E-state index in [-0.39, 0.29) is 12.4 Å². The molecule has 1 aromatic heterocycles. The number of aromatic hydroxyl groups is 1. The van der Waals surface area contributed by atoms with Crippen LogP contribution in [0.25, 0.3) is 0 Å². The lowest BCUT2D eigenvalue weighted by Gasteiger charge is -2.07. The van der Waals surface area contributed by atoms with Crippen LogP contribution in [0.3, 0.4) is 0 Å². The molecule has 0 unspecified atom stereocenters. The molecule has 0 spiro atoms. The molecule has 0 radical (unpaired) electrons. The monoisotopic (exact) mass is 181 g/mol. The molecule has 0 atom stereocenters. The zero-order chi connectivity index (χ0) is 9.84. The van der Waals surface area contributed by atoms with Crippen molar-refractivity contribution in [2.45, 2.75) is 13.5 Å². The van der Waals surface area contributed by atoms with Crippen LogP contribution in [-0.4, -0.2) is 23.5 Å². The molecule has 1 aromatic rings. The Morgan fingerprint density at radius 2 is 2.38 bits per heavy atom. The van der Waals surface area contributed by atoms with Crippen molar-refractivity contribution in [3.8, 4) is 5.75 Å². The van der Waals surface area contributed by atoms with Gasteiger partial charge in [0, 0.05) is 24.4 Å². The standard InChI is InChI=1S/C9H11NO3/c1-6-9(12)8(5-13-2)7(4-11)3-10-6/h3-4,12H,5H2,1-2H3. The molecule has 0 aliphatic rings. The number of hydrogen-bond donors (Lipinski definition) is 1. The molecule has 0 amide bonds. The molecule has 0 bridgehead atoms. The van der Waals surface area contributed by atoms with E-state index in [1.54, 1.807) is 6.92 Å². The highest BCUT2D eigenvalue weighted by Crippen LogP contribution is 2.23. The average molecular weight is 181 g/mol. The maximum Gasteiger partial charge on any atom is 0.152 e. The van der Waals surface area contributed by atoms with Crippen LogP contribution in [0.15, 0.2) is 6.20 Å². The first-order chi connectivity index (χ1) is 6.20. The lowest BCUT2D eigenvalue weighted by molar-refractivity contribution is 0.111. The van der Waals surface area contributed by atoms with Crippen LogP contribution >= 0.6 is 0 Å².